The summed E-state index contributed by atoms with van der Waals surface area (Å²) in [6.07, 6.45) is -1.93. The minimum Gasteiger partial charge on any atom is -0.284 e. The van der Waals surface area contributed by atoms with Gasteiger partial charge in [0.15, 0.2) is 0 Å². The molecule has 0 aromatic heterocycles. The molecule has 1 rings (SSSR count). The highest BCUT2D eigenvalue weighted by Crippen LogP contribution is 2.21. The lowest BCUT2D eigenvalue weighted by Gasteiger charge is -2.06. The van der Waals surface area contributed by atoms with Crippen LogP contribution in [0.5, 0.6) is 0 Å². The molecule has 0 radical (unpaired) electrons. The number of rotatable bonds is 4. The average Bonchev–Trinajstić information content (AvgIpc) is 2.25. The summed E-state index contributed by atoms with van der Waals surface area (Å²) in [7, 11) is 0. The van der Waals surface area contributed by atoms with E-state index in [-0.39, 0.29) is 5.56 Å². The fraction of sp³-hybridized carbons (Fsp3) is 0.417. The number of ketones is 1. The van der Waals surface area contributed by atoms with Gasteiger partial charge in [-0.15, -0.1) is 0 Å². The molecule has 1 aromatic rings. The van der Waals surface area contributed by atoms with Crippen molar-refractivity contribution in [2.24, 2.45) is 0 Å². The molecule has 0 aliphatic heterocycles. The molecular formula is C12H13F3O. The van der Waals surface area contributed by atoms with E-state index < -0.39 is 12.0 Å². The molecule has 0 aliphatic rings. The molecule has 0 heterocycles. The Bertz CT molecular complexity index is 352. The van der Waals surface area contributed by atoms with Gasteiger partial charge < -0.3 is 0 Å². The van der Waals surface area contributed by atoms with Crippen LogP contribution in [0.25, 0.3) is 0 Å². The molecule has 0 atom stereocenters. The summed E-state index contributed by atoms with van der Waals surface area (Å²) in [4.78, 5) is 10.9. The van der Waals surface area contributed by atoms with Crippen molar-refractivity contribution in [3.05, 3.63) is 35.4 Å². The topological polar surface area (TPSA) is 17.1 Å². The van der Waals surface area contributed by atoms with Gasteiger partial charge in [-0.05, 0) is 18.4 Å². The second kappa shape index (κ2) is 5.14. The van der Waals surface area contributed by atoms with E-state index in [1.807, 2.05) is 6.92 Å². The molecule has 0 saturated heterocycles. The molecule has 4 heteroatoms. The van der Waals surface area contributed by atoms with Gasteiger partial charge in [-0.25, -0.2) is 0 Å². The van der Waals surface area contributed by atoms with Gasteiger partial charge in [-0.1, -0.05) is 37.6 Å². The summed E-state index contributed by atoms with van der Waals surface area (Å²) < 4.78 is 36.3. The molecule has 0 N–H and O–H groups in total. The van der Waals surface area contributed by atoms with Crippen molar-refractivity contribution in [3.63, 3.8) is 0 Å². The van der Waals surface area contributed by atoms with E-state index >= 15 is 0 Å². The molecule has 1 aromatic carbocycles. The van der Waals surface area contributed by atoms with Crippen LogP contribution >= 0.6 is 0 Å². The summed E-state index contributed by atoms with van der Waals surface area (Å²) >= 11 is 0. The van der Waals surface area contributed by atoms with E-state index in [9.17, 15) is 18.0 Å². The smallest absolute Gasteiger partial charge is 0.284 e. The fourth-order valence-corrected chi connectivity index (χ4v) is 1.37. The third-order valence-corrected chi connectivity index (χ3v) is 2.29. The Morgan fingerprint density at radius 1 is 1.19 bits per heavy atom. The van der Waals surface area contributed by atoms with Crippen molar-refractivity contribution in [3.8, 4) is 0 Å². The van der Waals surface area contributed by atoms with Crippen LogP contribution in [0.1, 0.15) is 35.7 Å². The van der Waals surface area contributed by atoms with Crippen LogP contribution in [-0.2, 0) is 6.42 Å². The van der Waals surface area contributed by atoms with E-state index in [1.165, 1.54) is 12.1 Å². The normalized spacial score (nSPS) is 11.5. The first kappa shape index (κ1) is 12.7. The monoisotopic (exact) mass is 230 g/mol. The van der Waals surface area contributed by atoms with Gasteiger partial charge in [-0.3, -0.25) is 4.79 Å². The Labute approximate surface area is 92.3 Å². The number of alkyl halides is 3. The summed E-state index contributed by atoms with van der Waals surface area (Å²) in [6, 6.07) is 5.63. The van der Waals surface area contributed by atoms with Crippen molar-refractivity contribution in [1.82, 2.24) is 0 Å². The zero-order valence-electron chi connectivity index (χ0n) is 8.97. The number of benzene rings is 1. The highest BCUT2D eigenvalue weighted by atomic mass is 19.4. The Morgan fingerprint density at radius 2 is 1.75 bits per heavy atom. The number of halogens is 3. The number of hydrogen-bond acceptors (Lipinski definition) is 1. The van der Waals surface area contributed by atoms with Crippen LogP contribution in [0.2, 0.25) is 0 Å². The van der Waals surface area contributed by atoms with Gasteiger partial charge in [0.2, 0.25) is 0 Å². The molecule has 0 spiro atoms. The van der Waals surface area contributed by atoms with Crippen molar-refractivity contribution < 1.29 is 18.0 Å². The van der Waals surface area contributed by atoms with Gasteiger partial charge in [0.25, 0.3) is 5.78 Å². The third kappa shape index (κ3) is 3.36. The Morgan fingerprint density at radius 3 is 2.19 bits per heavy atom. The predicted octanol–water partition coefficient (Wildman–Crippen LogP) is 3.77. The number of unbranched alkanes of at least 4 members (excludes halogenated alkanes) is 1. The zero-order valence-corrected chi connectivity index (χ0v) is 8.97. The van der Waals surface area contributed by atoms with E-state index in [0.717, 1.165) is 24.8 Å². The van der Waals surface area contributed by atoms with Gasteiger partial charge in [-0.2, -0.15) is 13.2 Å². The molecular weight excluding hydrogens is 217 g/mol. The van der Waals surface area contributed by atoms with Crippen molar-refractivity contribution in [2.45, 2.75) is 32.4 Å². The minimum absolute atomic E-state index is 0.298. The number of hydrogen-bond donors (Lipinski definition) is 0. The third-order valence-electron chi connectivity index (χ3n) is 2.29. The quantitative estimate of drug-likeness (QED) is 0.719. The van der Waals surface area contributed by atoms with Gasteiger partial charge in [0.1, 0.15) is 0 Å². The predicted molar refractivity (Wildman–Crippen MR) is 55.4 cm³/mol. The van der Waals surface area contributed by atoms with Crippen LogP contribution < -0.4 is 0 Å². The minimum atomic E-state index is -4.79. The van der Waals surface area contributed by atoms with Crippen LogP contribution in [0.3, 0.4) is 0 Å². The maximum Gasteiger partial charge on any atom is 0.454 e. The maximum atomic E-state index is 12.1. The molecule has 88 valence electrons. The van der Waals surface area contributed by atoms with Crippen LogP contribution in [-0.4, -0.2) is 12.0 Å². The Balaban J connectivity index is 2.75. The van der Waals surface area contributed by atoms with E-state index in [0.29, 0.717) is 0 Å². The highest BCUT2D eigenvalue weighted by molar-refractivity contribution is 6.00. The summed E-state index contributed by atoms with van der Waals surface area (Å²) in [5.41, 5.74) is 0.660. The fourth-order valence-electron chi connectivity index (χ4n) is 1.37. The first-order valence-electron chi connectivity index (χ1n) is 5.15. The second-order valence-corrected chi connectivity index (χ2v) is 3.63. The second-order valence-electron chi connectivity index (χ2n) is 3.63. The Hall–Kier alpha value is -1.32. The van der Waals surface area contributed by atoms with Crippen molar-refractivity contribution in [2.75, 3.05) is 0 Å². The van der Waals surface area contributed by atoms with Crippen LogP contribution in [0.15, 0.2) is 24.3 Å². The molecule has 0 saturated carbocycles. The Kier molecular flexibility index (Phi) is 4.10. The molecule has 1 nitrogen and oxygen atoms in total. The lowest BCUT2D eigenvalue weighted by atomic mass is 10.0. The number of carbonyl (C=O) groups excluding carboxylic acids is 1. The summed E-state index contributed by atoms with van der Waals surface area (Å²) in [5, 5.41) is 0. The van der Waals surface area contributed by atoms with E-state index in [2.05, 4.69) is 0 Å². The lowest BCUT2D eigenvalue weighted by Crippen LogP contribution is -2.22. The van der Waals surface area contributed by atoms with Crippen LogP contribution in [0.4, 0.5) is 13.2 Å². The number of carbonyl (C=O) groups is 1. The van der Waals surface area contributed by atoms with Crippen molar-refractivity contribution >= 4 is 5.78 Å². The highest BCUT2D eigenvalue weighted by Gasteiger charge is 2.38. The van der Waals surface area contributed by atoms with Gasteiger partial charge in [0, 0.05) is 5.56 Å². The standard InChI is InChI=1S/C12H13F3O/c1-2-3-4-9-5-7-10(8-6-9)11(16)12(13,14)15/h5-8H,2-4H2,1H3. The lowest BCUT2D eigenvalue weighted by molar-refractivity contribution is -0.0885. The maximum absolute atomic E-state index is 12.1. The zero-order chi connectivity index (χ0) is 12.2. The van der Waals surface area contributed by atoms with E-state index in [1.54, 1.807) is 12.1 Å². The molecule has 0 bridgehead atoms. The molecule has 0 amide bonds. The van der Waals surface area contributed by atoms with Gasteiger partial charge >= 0.3 is 6.18 Å². The molecule has 16 heavy (non-hydrogen) atoms. The number of Topliss-reactive ketones (excluding diaryl/α,β-unsaturated/α-hetero) is 1. The SMILES string of the molecule is CCCCc1ccc(C(=O)C(F)(F)F)cc1. The van der Waals surface area contributed by atoms with Crippen LogP contribution in [0, 0.1) is 0 Å². The average molecular weight is 230 g/mol. The first-order chi connectivity index (χ1) is 7.45. The molecule has 0 fully saturated rings. The molecule has 0 unspecified atom stereocenters. The summed E-state index contributed by atoms with van der Waals surface area (Å²) in [6.45, 7) is 2.04. The number of aryl methyl sites for hydroxylation is 1. The largest absolute Gasteiger partial charge is 0.454 e. The first-order valence-corrected chi connectivity index (χ1v) is 5.15. The van der Waals surface area contributed by atoms with Crippen molar-refractivity contribution in [1.29, 1.82) is 0 Å². The summed E-state index contributed by atoms with van der Waals surface area (Å²) in [5.74, 6) is -1.78. The molecule has 0 aliphatic carbocycles. The van der Waals surface area contributed by atoms with E-state index in [4.69, 9.17) is 0 Å². The van der Waals surface area contributed by atoms with Gasteiger partial charge in [0.05, 0.1) is 0 Å².